The molecule has 0 bridgehead atoms. The fourth-order valence-corrected chi connectivity index (χ4v) is 3.42. The van der Waals surface area contributed by atoms with Crippen molar-refractivity contribution in [2.24, 2.45) is 5.92 Å². The molecule has 0 aromatic carbocycles. The zero-order chi connectivity index (χ0) is 13.9. The Bertz CT molecular complexity index is 527. The van der Waals surface area contributed by atoms with E-state index in [1.54, 1.807) is 0 Å². The van der Waals surface area contributed by atoms with Crippen molar-refractivity contribution in [3.8, 4) is 0 Å². The Morgan fingerprint density at radius 1 is 1.32 bits per heavy atom. The lowest BCUT2D eigenvalue weighted by Gasteiger charge is -2.52. The lowest BCUT2D eigenvalue weighted by molar-refractivity contribution is -0.161. The summed E-state index contributed by atoms with van der Waals surface area (Å²) in [5.74, 6) is -2.03. The molecule has 2 amide bonds. The highest BCUT2D eigenvalue weighted by Gasteiger charge is 2.64. The van der Waals surface area contributed by atoms with Gasteiger partial charge in [-0.1, -0.05) is 0 Å². The number of likely N-dealkylation sites (tertiary alicyclic amines) is 1. The molecule has 3 aliphatic rings. The molecule has 3 aliphatic heterocycles. The van der Waals surface area contributed by atoms with Gasteiger partial charge >= 0.3 is 12.1 Å². The van der Waals surface area contributed by atoms with Gasteiger partial charge in [0, 0.05) is 12.5 Å². The molecule has 1 unspecified atom stereocenters. The maximum atomic E-state index is 12.0. The average molecular weight is 268 g/mol. The summed E-state index contributed by atoms with van der Waals surface area (Å²) < 4.78 is 0. The van der Waals surface area contributed by atoms with Crippen LogP contribution in [0, 0.1) is 5.92 Å². The molecule has 0 aromatic heterocycles. The number of carbonyl (C=O) groups is 3. The SMILES string of the molecule is O=C(O)C1=C(CO)C2CCN(C(=O)O)[C@@H]3C(=O)N1[C@H]23. The van der Waals surface area contributed by atoms with Crippen molar-refractivity contribution in [2.45, 2.75) is 18.5 Å². The standard InChI is InChI=1S/C11H12N2O6/c14-3-5-4-1-2-12(11(18)19)8-6(4)13(9(8)15)7(5)10(16)17/h4,6,8,14H,1-3H2,(H,16,17)(H,18,19)/t4?,6-,8+/m1/s1. The zero-order valence-corrected chi connectivity index (χ0v) is 9.81. The van der Waals surface area contributed by atoms with E-state index in [1.807, 2.05) is 0 Å². The minimum atomic E-state index is -1.26. The van der Waals surface area contributed by atoms with Gasteiger partial charge in [0.25, 0.3) is 5.91 Å². The van der Waals surface area contributed by atoms with E-state index in [2.05, 4.69) is 0 Å². The van der Waals surface area contributed by atoms with Crippen LogP contribution >= 0.6 is 0 Å². The predicted molar refractivity (Wildman–Crippen MR) is 59.0 cm³/mol. The van der Waals surface area contributed by atoms with Crippen molar-refractivity contribution in [2.75, 3.05) is 13.2 Å². The Morgan fingerprint density at radius 2 is 2.00 bits per heavy atom. The normalized spacial score (nSPS) is 32.3. The first-order valence-electron chi connectivity index (χ1n) is 5.89. The lowest BCUT2D eigenvalue weighted by atomic mass is 9.78. The Balaban J connectivity index is 2.01. The molecule has 102 valence electrons. The van der Waals surface area contributed by atoms with E-state index in [4.69, 9.17) is 10.2 Å². The zero-order valence-electron chi connectivity index (χ0n) is 9.81. The summed E-state index contributed by atoms with van der Waals surface area (Å²) in [6.07, 6.45) is -0.755. The molecule has 3 rings (SSSR count). The molecule has 2 saturated heterocycles. The number of aliphatic carboxylic acids is 1. The first-order valence-corrected chi connectivity index (χ1v) is 5.89. The van der Waals surface area contributed by atoms with E-state index in [9.17, 15) is 19.5 Å². The van der Waals surface area contributed by atoms with Gasteiger partial charge in [0.15, 0.2) is 0 Å². The summed E-state index contributed by atoms with van der Waals surface area (Å²) in [6, 6.07) is -1.28. The molecule has 0 aromatic rings. The maximum Gasteiger partial charge on any atom is 0.408 e. The Labute approximate surface area is 107 Å². The molecule has 3 heterocycles. The van der Waals surface area contributed by atoms with Gasteiger partial charge in [-0.05, 0) is 12.0 Å². The van der Waals surface area contributed by atoms with Crippen LogP contribution in [0.2, 0.25) is 0 Å². The van der Waals surface area contributed by atoms with Gasteiger partial charge < -0.3 is 15.3 Å². The van der Waals surface area contributed by atoms with Gasteiger partial charge in [-0.15, -0.1) is 0 Å². The number of hydrogen-bond acceptors (Lipinski definition) is 4. The molecule has 3 N–H and O–H groups in total. The topological polar surface area (TPSA) is 118 Å². The number of piperidine rings is 1. The summed E-state index contributed by atoms with van der Waals surface area (Å²) in [7, 11) is 0. The minimum absolute atomic E-state index is 0.175. The first kappa shape index (κ1) is 12.0. The molecular weight excluding hydrogens is 256 g/mol. The molecule has 19 heavy (non-hydrogen) atoms. The van der Waals surface area contributed by atoms with E-state index in [0.29, 0.717) is 12.0 Å². The van der Waals surface area contributed by atoms with Gasteiger partial charge in [-0.25, -0.2) is 9.59 Å². The average Bonchev–Trinajstić information content (AvgIpc) is 2.69. The maximum absolute atomic E-state index is 12.0. The monoisotopic (exact) mass is 268 g/mol. The van der Waals surface area contributed by atoms with Crippen molar-refractivity contribution < 1.29 is 29.7 Å². The van der Waals surface area contributed by atoms with E-state index in [1.165, 1.54) is 0 Å². The van der Waals surface area contributed by atoms with Gasteiger partial charge in [0.05, 0.1) is 12.6 Å². The van der Waals surface area contributed by atoms with Crippen LogP contribution in [-0.2, 0) is 9.59 Å². The van der Waals surface area contributed by atoms with Gasteiger partial charge in [-0.2, -0.15) is 0 Å². The van der Waals surface area contributed by atoms with Crippen LogP contribution in [0.25, 0.3) is 0 Å². The fourth-order valence-electron chi connectivity index (χ4n) is 3.42. The largest absolute Gasteiger partial charge is 0.477 e. The van der Waals surface area contributed by atoms with Crippen molar-refractivity contribution >= 4 is 18.0 Å². The number of rotatable bonds is 2. The van der Waals surface area contributed by atoms with E-state index < -0.39 is 36.7 Å². The number of hydrogen-bond donors (Lipinski definition) is 3. The Hall–Kier alpha value is -2.09. The second-order valence-corrected chi connectivity index (χ2v) is 4.85. The van der Waals surface area contributed by atoms with Crippen molar-refractivity contribution in [1.82, 2.24) is 9.80 Å². The second kappa shape index (κ2) is 3.70. The van der Waals surface area contributed by atoms with Gasteiger partial charge in [-0.3, -0.25) is 14.6 Å². The van der Waals surface area contributed by atoms with Crippen molar-refractivity contribution in [3.05, 3.63) is 11.3 Å². The van der Waals surface area contributed by atoms with Crippen LogP contribution in [-0.4, -0.2) is 68.3 Å². The molecule has 0 radical (unpaired) electrons. The number of nitrogens with zero attached hydrogens (tertiary/aromatic N) is 2. The summed E-state index contributed by atoms with van der Waals surface area (Å²) in [6.45, 7) is -0.247. The number of aliphatic hydroxyl groups excluding tert-OH is 1. The van der Waals surface area contributed by atoms with Crippen molar-refractivity contribution in [3.63, 3.8) is 0 Å². The van der Waals surface area contributed by atoms with Gasteiger partial charge in [0.1, 0.15) is 11.7 Å². The number of carboxylic acids is 1. The number of amides is 2. The molecule has 0 saturated carbocycles. The van der Waals surface area contributed by atoms with Crippen LogP contribution in [0.4, 0.5) is 4.79 Å². The third-order valence-corrected chi connectivity index (χ3v) is 4.15. The summed E-state index contributed by atoms with van der Waals surface area (Å²) in [5.41, 5.74) is 0.157. The van der Waals surface area contributed by atoms with Crippen LogP contribution in [0.5, 0.6) is 0 Å². The van der Waals surface area contributed by atoms with Crippen LogP contribution in [0.1, 0.15) is 6.42 Å². The molecule has 3 atom stereocenters. The van der Waals surface area contributed by atoms with E-state index in [-0.39, 0.29) is 18.2 Å². The number of β-lactam (4-membered cyclic amide) rings is 1. The second-order valence-electron chi connectivity index (χ2n) is 4.85. The number of aliphatic hydroxyl groups is 1. The minimum Gasteiger partial charge on any atom is -0.477 e. The van der Waals surface area contributed by atoms with E-state index in [0.717, 1.165) is 9.80 Å². The molecule has 8 nitrogen and oxygen atoms in total. The molecule has 2 fully saturated rings. The molecule has 0 aliphatic carbocycles. The highest BCUT2D eigenvalue weighted by molar-refractivity contribution is 6.02. The number of carbonyl (C=O) groups excluding carboxylic acids is 1. The predicted octanol–water partition coefficient (Wildman–Crippen LogP) is -1.09. The van der Waals surface area contributed by atoms with E-state index >= 15 is 0 Å². The first-order chi connectivity index (χ1) is 8.99. The highest BCUT2D eigenvalue weighted by Crippen LogP contribution is 2.48. The van der Waals surface area contributed by atoms with Crippen LogP contribution in [0.3, 0.4) is 0 Å². The van der Waals surface area contributed by atoms with Gasteiger partial charge in [0.2, 0.25) is 0 Å². The quantitative estimate of drug-likeness (QED) is 0.548. The smallest absolute Gasteiger partial charge is 0.408 e. The molecule has 0 spiro atoms. The number of carboxylic acid groups (broad SMARTS) is 2. The summed E-state index contributed by atoms with van der Waals surface area (Å²) >= 11 is 0. The van der Waals surface area contributed by atoms with Crippen molar-refractivity contribution in [1.29, 1.82) is 0 Å². The lowest BCUT2D eigenvalue weighted by Crippen LogP contribution is -2.73. The van der Waals surface area contributed by atoms with Crippen LogP contribution < -0.4 is 0 Å². The molecule has 8 heteroatoms. The summed E-state index contributed by atoms with van der Waals surface area (Å²) in [5, 5.41) is 27.5. The highest BCUT2D eigenvalue weighted by atomic mass is 16.4. The fraction of sp³-hybridized carbons (Fsp3) is 0.545. The van der Waals surface area contributed by atoms with Crippen LogP contribution in [0.15, 0.2) is 11.3 Å². The Morgan fingerprint density at radius 3 is 2.53 bits per heavy atom. The summed E-state index contributed by atoms with van der Waals surface area (Å²) in [4.78, 5) is 36.4. The molecular formula is C11H12N2O6. The Kier molecular flexibility index (Phi) is 2.33. The third-order valence-electron chi connectivity index (χ3n) is 4.15. The third kappa shape index (κ3) is 1.29.